The van der Waals surface area contributed by atoms with Crippen molar-refractivity contribution in [3.8, 4) is 17.0 Å². The average Bonchev–Trinajstić information content (AvgIpc) is 2.94. The number of carbonyl (C=O) groups is 1. The molecule has 0 spiro atoms. The lowest BCUT2D eigenvalue weighted by molar-refractivity contribution is 0.0254. The third-order valence-corrected chi connectivity index (χ3v) is 7.49. The monoisotopic (exact) mass is 552 g/mol. The molecule has 2 atom stereocenters. The van der Waals surface area contributed by atoms with Crippen molar-refractivity contribution in [2.24, 2.45) is 11.7 Å². The molecule has 2 aliphatic rings. The van der Waals surface area contributed by atoms with Crippen LogP contribution in [0.25, 0.3) is 11.3 Å². The molecule has 2 aromatic heterocycles. The van der Waals surface area contributed by atoms with Gasteiger partial charge in [0.1, 0.15) is 29.1 Å². The van der Waals surface area contributed by atoms with Gasteiger partial charge in [-0.2, -0.15) is 0 Å². The molecule has 1 aromatic carbocycles. The zero-order valence-corrected chi connectivity index (χ0v) is 22.4. The van der Waals surface area contributed by atoms with Gasteiger partial charge in [-0.05, 0) is 36.5 Å². The molecular formula is C29H34F2N6O3. The van der Waals surface area contributed by atoms with Crippen LogP contribution in [0.2, 0.25) is 0 Å². The van der Waals surface area contributed by atoms with E-state index in [-0.39, 0.29) is 40.7 Å². The van der Waals surface area contributed by atoms with Crippen molar-refractivity contribution >= 4 is 23.3 Å². The molecule has 212 valence electrons. The van der Waals surface area contributed by atoms with Crippen molar-refractivity contribution in [2.45, 2.75) is 37.8 Å². The number of nitrogen functional groups attached to an aromatic ring is 1. The van der Waals surface area contributed by atoms with E-state index >= 15 is 8.78 Å². The van der Waals surface area contributed by atoms with E-state index in [9.17, 15) is 4.79 Å². The predicted octanol–water partition coefficient (Wildman–Crippen LogP) is 3.81. The number of hydrogen-bond acceptors (Lipinski definition) is 9. The summed E-state index contributed by atoms with van der Waals surface area (Å²) in [6, 6.07) is 5.81. The Labute approximate surface area is 231 Å². The Hall–Kier alpha value is -3.83. The summed E-state index contributed by atoms with van der Waals surface area (Å²) in [4.78, 5) is 22.0. The summed E-state index contributed by atoms with van der Waals surface area (Å²) in [5.41, 5.74) is 14.1. The molecule has 2 aliphatic heterocycles. The van der Waals surface area contributed by atoms with Crippen molar-refractivity contribution in [3.63, 3.8) is 0 Å². The second-order valence-corrected chi connectivity index (χ2v) is 10.4. The predicted molar refractivity (Wildman–Crippen MR) is 150 cm³/mol. The quantitative estimate of drug-likeness (QED) is 0.357. The van der Waals surface area contributed by atoms with Gasteiger partial charge >= 0.3 is 0 Å². The summed E-state index contributed by atoms with van der Waals surface area (Å²) in [5.74, 6) is -1.12. The first kappa shape index (κ1) is 27.7. The Morgan fingerprint density at radius 1 is 1.20 bits per heavy atom. The Morgan fingerprint density at radius 3 is 2.75 bits per heavy atom. The normalized spacial score (nSPS) is 19.9. The third kappa shape index (κ3) is 6.00. The Kier molecular flexibility index (Phi) is 8.41. The first-order valence-electron chi connectivity index (χ1n) is 13.5. The number of ether oxygens (including phenoxy) is 2. The van der Waals surface area contributed by atoms with Crippen molar-refractivity contribution in [1.82, 2.24) is 9.97 Å². The average molecular weight is 553 g/mol. The summed E-state index contributed by atoms with van der Waals surface area (Å²) < 4.78 is 42.6. The minimum Gasteiger partial charge on any atom is -0.490 e. The van der Waals surface area contributed by atoms with Crippen molar-refractivity contribution in [2.75, 3.05) is 49.3 Å². The van der Waals surface area contributed by atoms with Crippen LogP contribution in [0.15, 0.2) is 36.7 Å². The minimum absolute atomic E-state index is 0.00885. The van der Waals surface area contributed by atoms with Crippen LogP contribution >= 0.6 is 0 Å². The maximum Gasteiger partial charge on any atom is 0.170 e. The maximum atomic E-state index is 15.9. The van der Waals surface area contributed by atoms with Gasteiger partial charge in [-0.25, -0.2) is 13.8 Å². The first-order valence-corrected chi connectivity index (χ1v) is 13.5. The van der Waals surface area contributed by atoms with E-state index in [2.05, 4.69) is 20.2 Å². The molecule has 0 radical (unpaired) electrons. The zero-order valence-electron chi connectivity index (χ0n) is 22.4. The van der Waals surface area contributed by atoms with E-state index in [1.165, 1.54) is 6.07 Å². The van der Waals surface area contributed by atoms with Gasteiger partial charge in [-0.1, -0.05) is 0 Å². The molecule has 3 aromatic rings. The number of halogens is 2. The van der Waals surface area contributed by atoms with Crippen LogP contribution in [-0.2, 0) is 11.2 Å². The number of nitrogens with zero attached hydrogens (tertiary/aromatic N) is 3. The van der Waals surface area contributed by atoms with Gasteiger partial charge in [0.25, 0.3) is 0 Å². The highest BCUT2D eigenvalue weighted by Crippen LogP contribution is 2.37. The zero-order chi connectivity index (χ0) is 28.2. The Morgan fingerprint density at radius 2 is 2.00 bits per heavy atom. The second-order valence-electron chi connectivity index (χ2n) is 10.4. The van der Waals surface area contributed by atoms with Crippen LogP contribution in [0.5, 0.6) is 5.75 Å². The molecule has 0 bridgehead atoms. The number of aromatic nitrogens is 2. The molecule has 5 rings (SSSR count). The van der Waals surface area contributed by atoms with E-state index in [4.69, 9.17) is 20.9 Å². The number of rotatable bonds is 8. The fraction of sp³-hybridized carbons (Fsp3) is 0.414. The molecule has 2 fully saturated rings. The topological polar surface area (TPSA) is 129 Å². The van der Waals surface area contributed by atoms with Gasteiger partial charge in [0, 0.05) is 62.9 Å². The molecule has 2 unspecified atom stereocenters. The number of aldehydes is 1. The molecule has 9 nitrogen and oxygen atoms in total. The van der Waals surface area contributed by atoms with Gasteiger partial charge < -0.3 is 31.2 Å². The van der Waals surface area contributed by atoms with Gasteiger partial charge in [0.15, 0.2) is 12.1 Å². The van der Waals surface area contributed by atoms with E-state index in [1.807, 2.05) is 13.1 Å². The molecule has 0 saturated carbocycles. The molecule has 11 heteroatoms. The van der Waals surface area contributed by atoms with Gasteiger partial charge in [-0.3, -0.25) is 9.78 Å². The smallest absolute Gasteiger partial charge is 0.170 e. The number of piperidine rings is 1. The summed E-state index contributed by atoms with van der Waals surface area (Å²) in [7, 11) is 1.84. The Bertz CT molecular complexity index is 1370. The molecule has 0 amide bonds. The minimum atomic E-state index is -0.807. The number of anilines is 3. The summed E-state index contributed by atoms with van der Waals surface area (Å²) in [6.07, 6.45) is 6.30. The number of nitrogens with one attached hydrogen (secondary N) is 1. The maximum absolute atomic E-state index is 15.9. The summed E-state index contributed by atoms with van der Waals surface area (Å²) >= 11 is 0. The number of hydrogen-bond donors (Lipinski definition) is 3. The second kappa shape index (κ2) is 12.1. The number of benzene rings is 1. The van der Waals surface area contributed by atoms with Crippen LogP contribution < -0.4 is 26.4 Å². The Balaban J connectivity index is 1.52. The van der Waals surface area contributed by atoms with Crippen LogP contribution in [-0.4, -0.2) is 61.8 Å². The number of pyridine rings is 2. The first-order chi connectivity index (χ1) is 19.4. The highest BCUT2D eigenvalue weighted by molar-refractivity contribution is 5.82. The van der Waals surface area contributed by atoms with E-state index in [1.54, 1.807) is 18.5 Å². The summed E-state index contributed by atoms with van der Waals surface area (Å²) in [5, 5.41) is 3.17. The van der Waals surface area contributed by atoms with Crippen LogP contribution in [0.3, 0.4) is 0 Å². The molecular weight excluding hydrogens is 518 g/mol. The molecule has 40 heavy (non-hydrogen) atoms. The van der Waals surface area contributed by atoms with E-state index < -0.39 is 11.6 Å². The van der Waals surface area contributed by atoms with E-state index in [0.717, 1.165) is 17.4 Å². The van der Waals surface area contributed by atoms with Gasteiger partial charge in [0.2, 0.25) is 0 Å². The lowest BCUT2D eigenvalue weighted by atomic mass is 9.86. The van der Waals surface area contributed by atoms with Gasteiger partial charge in [-0.15, -0.1) is 0 Å². The van der Waals surface area contributed by atoms with Crippen LogP contribution in [0, 0.1) is 17.6 Å². The highest BCUT2D eigenvalue weighted by atomic mass is 19.1. The van der Waals surface area contributed by atoms with Crippen molar-refractivity contribution in [3.05, 3.63) is 59.6 Å². The fourth-order valence-corrected chi connectivity index (χ4v) is 5.66. The molecule has 5 N–H and O–H groups in total. The SMILES string of the molecule is CNc1cnccc1N1CC(N)CC(Cc2cc(OC3CCOCC3)cc(F)c2-c2nc(C=O)c(N)cc2F)C1. The largest absolute Gasteiger partial charge is 0.490 e. The summed E-state index contributed by atoms with van der Waals surface area (Å²) in [6.45, 7) is 2.45. The number of carbonyl (C=O) groups excluding carboxylic acids is 1. The third-order valence-electron chi connectivity index (χ3n) is 7.49. The lowest BCUT2D eigenvalue weighted by Gasteiger charge is -2.39. The van der Waals surface area contributed by atoms with Crippen molar-refractivity contribution < 1.29 is 23.0 Å². The van der Waals surface area contributed by atoms with Crippen molar-refractivity contribution in [1.29, 1.82) is 0 Å². The lowest BCUT2D eigenvalue weighted by Crippen LogP contribution is -2.47. The fourth-order valence-electron chi connectivity index (χ4n) is 5.66. The van der Waals surface area contributed by atoms with Gasteiger partial charge in [0.05, 0.1) is 36.5 Å². The molecule has 0 aliphatic carbocycles. The standard InChI is InChI=1S/C29H34F2N6O3/c1-34-25-13-35-5-2-27(25)37-14-17(9-19(32)15-37)8-18-10-21(40-20-3-6-39-7-4-20)11-22(30)28(18)29-23(31)12-24(33)26(16-38)36-29/h2,5,10-13,16-17,19-20,34H,3-4,6-9,14-15,32-33H2,1H3. The molecule has 2 saturated heterocycles. The number of nitrogens with two attached hydrogens (primary N) is 2. The van der Waals surface area contributed by atoms with Crippen LogP contribution in [0.4, 0.5) is 25.8 Å². The highest BCUT2D eigenvalue weighted by Gasteiger charge is 2.29. The molecule has 4 heterocycles. The van der Waals surface area contributed by atoms with E-state index in [0.29, 0.717) is 69.6 Å². The van der Waals surface area contributed by atoms with Crippen LogP contribution in [0.1, 0.15) is 35.3 Å².